The summed E-state index contributed by atoms with van der Waals surface area (Å²) in [5, 5.41) is 21.3. The summed E-state index contributed by atoms with van der Waals surface area (Å²) >= 11 is 0. The van der Waals surface area contributed by atoms with Crippen LogP contribution >= 0.6 is 0 Å². The molecule has 0 unspecified atom stereocenters. The maximum absolute atomic E-state index is 9.10. The quantitative estimate of drug-likeness (QED) is 0.265. The standard InChI is InChI=1S/C4H8O2.C2H2O4.H3NO/c1-4(5-2)6-3;3-1(4)2(5)6;1-2/h1H2,2-3H3;(H,3,4)(H,5,6);2H,1H2. The first-order chi connectivity index (χ1) is 6.45. The first-order valence-electron chi connectivity index (χ1n) is 2.94. The summed E-state index contributed by atoms with van der Waals surface area (Å²) in [7, 11) is 3.01. The van der Waals surface area contributed by atoms with Gasteiger partial charge in [0.25, 0.3) is 5.95 Å². The Bertz CT molecular complexity index is 161. The second-order valence-electron chi connectivity index (χ2n) is 1.39. The van der Waals surface area contributed by atoms with E-state index >= 15 is 0 Å². The zero-order chi connectivity index (χ0) is 12.1. The fraction of sp³-hybridized carbons (Fsp3) is 0.333. The largest absolute Gasteiger partial charge is 0.473 e. The molecule has 0 rings (SSSR count). The van der Waals surface area contributed by atoms with Gasteiger partial charge in [-0.15, -0.1) is 0 Å². The maximum atomic E-state index is 9.10. The monoisotopic (exact) mass is 211 g/mol. The van der Waals surface area contributed by atoms with E-state index in [4.69, 9.17) is 25.0 Å². The molecule has 0 aromatic carbocycles. The number of ether oxygens (including phenoxy) is 2. The van der Waals surface area contributed by atoms with E-state index < -0.39 is 11.9 Å². The fourth-order valence-corrected chi connectivity index (χ4v) is 0.0833. The van der Waals surface area contributed by atoms with Gasteiger partial charge in [0.05, 0.1) is 14.2 Å². The minimum absolute atomic E-state index is 0.343. The van der Waals surface area contributed by atoms with Crippen LogP contribution in [0.4, 0.5) is 0 Å². The van der Waals surface area contributed by atoms with Crippen LogP contribution in [0, 0.1) is 0 Å². The van der Waals surface area contributed by atoms with Crippen molar-refractivity contribution in [2.24, 2.45) is 5.90 Å². The normalized spacial score (nSPS) is 6.57. The minimum atomic E-state index is -1.82. The van der Waals surface area contributed by atoms with Crippen molar-refractivity contribution in [3.63, 3.8) is 0 Å². The number of carboxylic acid groups (broad SMARTS) is 2. The fourth-order valence-electron chi connectivity index (χ4n) is 0.0833. The molecule has 0 amide bonds. The summed E-state index contributed by atoms with van der Waals surface area (Å²) in [5.41, 5.74) is 0. The molecule has 0 saturated heterocycles. The van der Waals surface area contributed by atoms with Crippen LogP contribution < -0.4 is 5.90 Å². The lowest BCUT2D eigenvalue weighted by Gasteiger charge is -1.97. The Hall–Kier alpha value is -1.80. The third kappa shape index (κ3) is 22.5. The number of nitrogens with two attached hydrogens (primary N) is 1. The van der Waals surface area contributed by atoms with Gasteiger partial charge in [0.1, 0.15) is 0 Å². The number of carboxylic acids is 2. The molecule has 8 nitrogen and oxygen atoms in total. The molecule has 0 bridgehead atoms. The van der Waals surface area contributed by atoms with Gasteiger partial charge < -0.3 is 24.9 Å². The van der Waals surface area contributed by atoms with E-state index in [1.807, 2.05) is 0 Å². The van der Waals surface area contributed by atoms with Crippen molar-refractivity contribution in [3.05, 3.63) is 12.5 Å². The van der Waals surface area contributed by atoms with E-state index in [-0.39, 0.29) is 0 Å². The van der Waals surface area contributed by atoms with Crippen LogP contribution in [0.15, 0.2) is 12.5 Å². The van der Waals surface area contributed by atoms with E-state index in [0.717, 1.165) is 0 Å². The van der Waals surface area contributed by atoms with Crippen LogP contribution in [0.5, 0.6) is 0 Å². The van der Waals surface area contributed by atoms with Crippen molar-refractivity contribution in [3.8, 4) is 0 Å². The van der Waals surface area contributed by atoms with Crippen LogP contribution in [-0.2, 0) is 19.1 Å². The van der Waals surface area contributed by atoms with E-state index in [0.29, 0.717) is 5.95 Å². The highest BCUT2D eigenvalue weighted by Crippen LogP contribution is 1.85. The van der Waals surface area contributed by atoms with E-state index in [9.17, 15) is 0 Å². The third-order valence-electron chi connectivity index (χ3n) is 0.638. The van der Waals surface area contributed by atoms with Gasteiger partial charge in [0.2, 0.25) is 0 Å². The number of aliphatic carboxylic acids is 2. The lowest BCUT2D eigenvalue weighted by Crippen LogP contribution is -2.09. The second kappa shape index (κ2) is 13.8. The van der Waals surface area contributed by atoms with Crippen molar-refractivity contribution < 1.29 is 34.5 Å². The molecule has 0 aromatic rings. The molecule has 8 heteroatoms. The maximum Gasteiger partial charge on any atom is 0.414 e. The molecule has 0 saturated carbocycles. The molecule has 0 heterocycles. The molecule has 0 aliphatic rings. The molecule has 0 aliphatic heterocycles. The summed E-state index contributed by atoms with van der Waals surface area (Å²) in [4.78, 5) is 18.2. The van der Waals surface area contributed by atoms with Crippen molar-refractivity contribution in [2.75, 3.05) is 14.2 Å². The second-order valence-corrected chi connectivity index (χ2v) is 1.39. The van der Waals surface area contributed by atoms with Gasteiger partial charge in [-0.2, -0.15) is 0 Å². The molecule has 0 spiro atoms. The Morgan fingerprint density at radius 3 is 1.29 bits per heavy atom. The van der Waals surface area contributed by atoms with Gasteiger partial charge in [-0.1, -0.05) is 0 Å². The SMILES string of the molecule is C=C(OC)OC.NO.O=C(O)C(=O)O. The Balaban J connectivity index is -0.000000147. The van der Waals surface area contributed by atoms with Crippen LogP contribution in [0.2, 0.25) is 0 Å². The Morgan fingerprint density at radius 1 is 1.07 bits per heavy atom. The summed E-state index contributed by atoms with van der Waals surface area (Å²) in [5.74, 6) is 0.194. The Morgan fingerprint density at radius 2 is 1.29 bits per heavy atom. The molecule has 0 fully saturated rings. The van der Waals surface area contributed by atoms with Crippen LogP contribution in [0.25, 0.3) is 0 Å². The minimum Gasteiger partial charge on any atom is -0.473 e. The molecule has 0 aliphatic carbocycles. The van der Waals surface area contributed by atoms with Gasteiger partial charge in [0.15, 0.2) is 0 Å². The number of hydrogen-bond acceptors (Lipinski definition) is 6. The number of rotatable bonds is 2. The zero-order valence-corrected chi connectivity index (χ0v) is 7.76. The molecule has 0 atom stereocenters. The average Bonchev–Trinajstić information content (AvgIpc) is 2.20. The Kier molecular flexibility index (Phi) is 17.8. The molecule has 0 aromatic heterocycles. The smallest absolute Gasteiger partial charge is 0.414 e. The van der Waals surface area contributed by atoms with Gasteiger partial charge in [-0.3, -0.25) is 0 Å². The lowest BCUT2D eigenvalue weighted by molar-refractivity contribution is -0.159. The van der Waals surface area contributed by atoms with Gasteiger partial charge in [0, 0.05) is 0 Å². The third-order valence-corrected chi connectivity index (χ3v) is 0.638. The molecule has 0 radical (unpaired) electrons. The predicted molar refractivity (Wildman–Crippen MR) is 44.4 cm³/mol. The summed E-state index contributed by atoms with van der Waals surface area (Å²) < 4.78 is 8.97. The average molecular weight is 211 g/mol. The molecule has 5 N–H and O–H groups in total. The molecular weight excluding hydrogens is 198 g/mol. The first kappa shape index (κ1) is 18.1. The van der Waals surface area contributed by atoms with Gasteiger partial charge >= 0.3 is 11.9 Å². The highest BCUT2D eigenvalue weighted by Gasteiger charge is 2.04. The summed E-state index contributed by atoms with van der Waals surface area (Å²) in [6, 6.07) is 0. The molecule has 84 valence electrons. The number of carbonyl (C=O) groups is 2. The first-order valence-corrected chi connectivity index (χ1v) is 2.94. The number of methoxy groups -OCH3 is 2. The zero-order valence-electron chi connectivity index (χ0n) is 7.76. The van der Waals surface area contributed by atoms with Gasteiger partial charge in [-0.25, -0.2) is 15.5 Å². The van der Waals surface area contributed by atoms with Crippen molar-refractivity contribution in [2.45, 2.75) is 0 Å². The van der Waals surface area contributed by atoms with E-state index in [2.05, 4.69) is 21.9 Å². The van der Waals surface area contributed by atoms with Crippen molar-refractivity contribution in [1.82, 2.24) is 0 Å². The molecular formula is C6H13NO7. The lowest BCUT2D eigenvalue weighted by atomic mass is 10.7. The van der Waals surface area contributed by atoms with Gasteiger partial charge in [-0.05, 0) is 6.58 Å². The summed E-state index contributed by atoms with van der Waals surface area (Å²) in [6.45, 7) is 3.35. The topological polar surface area (TPSA) is 139 Å². The van der Waals surface area contributed by atoms with Crippen LogP contribution in [0.3, 0.4) is 0 Å². The van der Waals surface area contributed by atoms with Crippen LogP contribution in [0.1, 0.15) is 0 Å². The summed E-state index contributed by atoms with van der Waals surface area (Å²) in [6.07, 6.45) is 0. The van der Waals surface area contributed by atoms with E-state index in [1.54, 1.807) is 0 Å². The highest BCUT2D eigenvalue weighted by molar-refractivity contribution is 6.27. The van der Waals surface area contributed by atoms with Crippen molar-refractivity contribution in [1.29, 1.82) is 0 Å². The predicted octanol–water partition coefficient (Wildman–Crippen LogP) is -0.760. The van der Waals surface area contributed by atoms with Crippen molar-refractivity contribution >= 4 is 11.9 Å². The Labute approximate surface area is 80.1 Å². The molecule has 14 heavy (non-hydrogen) atoms. The number of hydrogen-bond donors (Lipinski definition) is 4. The van der Waals surface area contributed by atoms with Crippen LogP contribution in [-0.4, -0.2) is 41.6 Å². The van der Waals surface area contributed by atoms with E-state index in [1.165, 1.54) is 14.2 Å². The highest BCUT2D eigenvalue weighted by atomic mass is 16.7.